The van der Waals surface area contributed by atoms with E-state index in [1.54, 1.807) is 6.07 Å². The van der Waals surface area contributed by atoms with Crippen molar-refractivity contribution in [3.8, 4) is 0 Å². The average molecular weight is 315 g/mol. The first kappa shape index (κ1) is 13.5. The van der Waals surface area contributed by atoms with E-state index < -0.39 is 4.92 Å². The van der Waals surface area contributed by atoms with Gasteiger partial charge in [0.2, 0.25) is 0 Å². The Bertz CT molecular complexity index is 453. The number of benzene rings is 1. The first-order chi connectivity index (χ1) is 8.56. The topological polar surface area (TPSA) is 66.6 Å². The first-order valence-electron chi connectivity index (χ1n) is 5.89. The van der Waals surface area contributed by atoms with E-state index in [4.69, 9.17) is 0 Å². The van der Waals surface area contributed by atoms with E-state index in [1.807, 2.05) is 0 Å². The number of rotatable bonds is 3. The zero-order valence-corrected chi connectivity index (χ0v) is 11.5. The van der Waals surface area contributed by atoms with E-state index in [-0.39, 0.29) is 11.8 Å². The third-order valence-corrected chi connectivity index (χ3v) is 3.86. The minimum Gasteiger partial charge on any atom is -0.392 e. The Morgan fingerprint density at radius 1 is 1.56 bits per heavy atom. The van der Waals surface area contributed by atoms with Gasteiger partial charge in [-0.05, 0) is 31.0 Å². The van der Waals surface area contributed by atoms with Gasteiger partial charge in [-0.2, -0.15) is 0 Å². The summed E-state index contributed by atoms with van der Waals surface area (Å²) >= 11 is 3.36. The van der Waals surface area contributed by atoms with E-state index in [9.17, 15) is 15.2 Å². The van der Waals surface area contributed by atoms with Crippen LogP contribution in [0.3, 0.4) is 0 Å². The lowest BCUT2D eigenvalue weighted by atomic mass is 10.1. The van der Waals surface area contributed by atoms with Crippen molar-refractivity contribution in [1.29, 1.82) is 0 Å². The van der Waals surface area contributed by atoms with E-state index in [2.05, 4.69) is 20.8 Å². The Labute approximate surface area is 114 Å². The van der Waals surface area contributed by atoms with Gasteiger partial charge in [-0.1, -0.05) is 15.9 Å². The standard InChI is InChI=1S/C12H15BrN2O3/c13-12-6-10(15(17)18)4-3-9(12)7-14-5-1-2-11(16)8-14/h3-4,6,11,16H,1-2,5,7-8H2. The van der Waals surface area contributed by atoms with Crippen LogP contribution < -0.4 is 0 Å². The number of β-amino-alcohol motifs (C(OH)–C–C–N with tert-alkyl or cyclic N) is 1. The van der Waals surface area contributed by atoms with Gasteiger partial charge in [0.1, 0.15) is 0 Å². The predicted molar refractivity (Wildman–Crippen MR) is 71.3 cm³/mol. The molecule has 2 rings (SSSR count). The van der Waals surface area contributed by atoms with Crippen molar-refractivity contribution in [1.82, 2.24) is 4.90 Å². The highest BCUT2D eigenvalue weighted by Crippen LogP contribution is 2.25. The maximum atomic E-state index is 10.6. The van der Waals surface area contributed by atoms with Gasteiger partial charge in [-0.15, -0.1) is 0 Å². The summed E-state index contributed by atoms with van der Waals surface area (Å²) in [7, 11) is 0. The fourth-order valence-corrected chi connectivity index (χ4v) is 2.69. The van der Waals surface area contributed by atoms with Crippen LogP contribution in [0, 0.1) is 10.1 Å². The third-order valence-electron chi connectivity index (χ3n) is 3.12. The minimum absolute atomic E-state index is 0.0873. The van der Waals surface area contributed by atoms with Gasteiger partial charge < -0.3 is 5.11 Å². The summed E-state index contributed by atoms with van der Waals surface area (Å²) in [4.78, 5) is 12.4. The van der Waals surface area contributed by atoms with Crippen molar-refractivity contribution in [2.24, 2.45) is 0 Å². The van der Waals surface area contributed by atoms with Crippen molar-refractivity contribution in [3.63, 3.8) is 0 Å². The van der Waals surface area contributed by atoms with Crippen molar-refractivity contribution < 1.29 is 10.0 Å². The summed E-state index contributed by atoms with van der Waals surface area (Å²) in [6, 6.07) is 4.80. The van der Waals surface area contributed by atoms with Crippen molar-refractivity contribution in [2.75, 3.05) is 13.1 Å². The normalized spacial score (nSPS) is 20.9. The first-order valence-corrected chi connectivity index (χ1v) is 6.69. The van der Waals surface area contributed by atoms with Crippen LogP contribution in [0.5, 0.6) is 0 Å². The molecule has 1 unspecified atom stereocenters. The minimum atomic E-state index is -0.404. The molecule has 18 heavy (non-hydrogen) atoms. The second-order valence-electron chi connectivity index (χ2n) is 4.56. The number of non-ortho nitro benzene ring substituents is 1. The van der Waals surface area contributed by atoms with Gasteiger partial charge in [0.25, 0.3) is 5.69 Å². The lowest BCUT2D eigenvalue weighted by molar-refractivity contribution is -0.384. The Morgan fingerprint density at radius 3 is 2.94 bits per heavy atom. The van der Waals surface area contributed by atoms with Gasteiger partial charge >= 0.3 is 0 Å². The number of piperidine rings is 1. The van der Waals surface area contributed by atoms with Crippen LogP contribution in [-0.2, 0) is 6.54 Å². The maximum absolute atomic E-state index is 10.6. The number of aliphatic hydroxyl groups is 1. The number of nitro benzene ring substituents is 1. The van der Waals surface area contributed by atoms with Crippen LogP contribution in [0.4, 0.5) is 5.69 Å². The SMILES string of the molecule is O=[N+]([O-])c1ccc(CN2CCCC(O)C2)c(Br)c1. The van der Waals surface area contributed by atoms with Crippen LogP contribution in [0.2, 0.25) is 0 Å². The quantitative estimate of drug-likeness (QED) is 0.686. The van der Waals surface area contributed by atoms with E-state index >= 15 is 0 Å². The Kier molecular flexibility index (Phi) is 4.31. The van der Waals surface area contributed by atoms with Gasteiger partial charge in [0.05, 0.1) is 11.0 Å². The van der Waals surface area contributed by atoms with Gasteiger partial charge in [0.15, 0.2) is 0 Å². The number of halogens is 1. The number of hydrogen-bond acceptors (Lipinski definition) is 4. The van der Waals surface area contributed by atoms with Gasteiger partial charge in [-0.25, -0.2) is 0 Å². The van der Waals surface area contributed by atoms with Crippen molar-refractivity contribution in [2.45, 2.75) is 25.5 Å². The highest BCUT2D eigenvalue weighted by atomic mass is 79.9. The number of aliphatic hydroxyl groups excluding tert-OH is 1. The average Bonchev–Trinajstić information content (AvgIpc) is 2.31. The molecular weight excluding hydrogens is 300 g/mol. The molecule has 98 valence electrons. The molecule has 0 spiro atoms. The Balaban J connectivity index is 2.07. The fourth-order valence-electron chi connectivity index (χ4n) is 2.19. The monoisotopic (exact) mass is 314 g/mol. The lowest BCUT2D eigenvalue weighted by Crippen LogP contribution is -2.37. The lowest BCUT2D eigenvalue weighted by Gasteiger charge is -2.30. The highest BCUT2D eigenvalue weighted by Gasteiger charge is 2.19. The number of likely N-dealkylation sites (tertiary alicyclic amines) is 1. The molecule has 0 bridgehead atoms. The molecule has 0 aliphatic carbocycles. The Morgan fingerprint density at radius 2 is 2.33 bits per heavy atom. The largest absolute Gasteiger partial charge is 0.392 e. The molecule has 5 nitrogen and oxygen atoms in total. The fraction of sp³-hybridized carbons (Fsp3) is 0.500. The third kappa shape index (κ3) is 3.28. The Hall–Kier alpha value is -0.980. The smallest absolute Gasteiger partial charge is 0.270 e. The zero-order valence-electron chi connectivity index (χ0n) is 9.88. The van der Waals surface area contributed by atoms with Crippen LogP contribution in [0.25, 0.3) is 0 Å². The summed E-state index contributed by atoms with van der Waals surface area (Å²) < 4.78 is 0.747. The molecular formula is C12H15BrN2O3. The molecule has 0 radical (unpaired) electrons. The summed E-state index contributed by atoms with van der Waals surface area (Å²) in [5, 5.41) is 20.2. The van der Waals surface area contributed by atoms with E-state index in [0.29, 0.717) is 13.1 Å². The maximum Gasteiger partial charge on any atom is 0.270 e. The van der Waals surface area contributed by atoms with Crippen LogP contribution >= 0.6 is 15.9 Å². The molecule has 1 atom stereocenters. The van der Waals surface area contributed by atoms with Crippen molar-refractivity contribution >= 4 is 21.6 Å². The van der Waals surface area contributed by atoms with E-state index in [0.717, 1.165) is 29.4 Å². The van der Waals surface area contributed by atoms with Gasteiger partial charge in [-0.3, -0.25) is 15.0 Å². The second-order valence-corrected chi connectivity index (χ2v) is 5.42. The molecule has 0 aromatic heterocycles. The molecule has 1 aliphatic heterocycles. The molecule has 1 fully saturated rings. The summed E-state index contributed by atoms with van der Waals surface area (Å²) in [6.45, 7) is 2.33. The molecule has 1 heterocycles. The van der Waals surface area contributed by atoms with E-state index in [1.165, 1.54) is 12.1 Å². The summed E-state index contributed by atoms with van der Waals surface area (Å²) in [5.74, 6) is 0. The summed E-state index contributed by atoms with van der Waals surface area (Å²) in [6.07, 6.45) is 1.60. The molecule has 1 aromatic carbocycles. The molecule has 1 saturated heterocycles. The molecule has 0 saturated carbocycles. The second kappa shape index (κ2) is 5.77. The van der Waals surface area contributed by atoms with Gasteiger partial charge in [0, 0.05) is 29.7 Å². The molecule has 1 aromatic rings. The summed E-state index contributed by atoms with van der Waals surface area (Å²) in [5.41, 5.74) is 1.10. The van der Waals surface area contributed by atoms with Crippen LogP contribution in [-0.4, -0.2) is 34.1 Å². The number of nitrogens with zero attached hydrogens (tertiary/aromatic N) is 2. The number of nitro groups is 1. The molecule has 1 aliphatic rings. The van der Waals surface area contributed by atoms with Crippen molar-refractivity contribution in [3.05, 3.63) is 38.3 Å². The molecule has 1 N–H and O–H groups in total. The molecule has 0 amide bonds. The predicted octanol–water partition coefficient (Wildman–Crippen LogP) is 2.31. The zero-order chi connectivity index (χ0) is 13.1. The molecule has 6 heteroatoms. The van der Waals surface area contributed by atoms with Crippen LogP contribution in [0.15, 0.2) is 22.7 Å². The number of hydrogen-bond donors (Lipinski definition) is 1. The highest BCUT2D eigenvalue weighted by molar-refractivity contribution is 9.10. The van der Waals surface area contributed by atoms with Crippen LogP contribution in [0.1, 0.15) is 18.4 Å².